The number of hydrogen-bond donors (Lipinski definition) is 2. The van der Waals surface area contributed by atoms with Gasteiger partial charge in [-0.25, -0.2) is 0 Å². The highest BCUT2D eigenvalue weighted by Crippen LogP contribution is 2.30. The molecule has 106 valence electrons. The van der Waals surface area contributed by atoms with Crippen LogP contribution in [0.2, 0.25) is 0 Å². The van der Waals surface area contributed by atoms with Crippen molar-refractivity contribution in [2.24, 2.45) is 5.92 Å². The number of thiophene rings is 1. The lowest BCUT2D eigenvalue weighted by atomic mass is 9.94. The van der Waals surface area contributed by atoms with Gasteiger partial charge in [0.15, 0.2) is 0 Å². The quantitative estimate of drug-likeness (QED) is 0.649. The molecule has 1 heterocycles. The molecule has 0 aliphatic heterocycles. The minimum atomic E-state index is -0.205. The van der Waals surface area contributed by atoms with Gasteiger partial charge in [-0.3, -0.25) is 20.4 Å². The normalized spacial score (nSPS) is 20.5. The smallest absolute Gasteiger partial charge is 0.273 e. The summed E-state index contributed by atoms with van der Waals surface area (Å²) in [5.74, 6) is -0.315. The molecule has 0 saturated heterocycles. The van der Waals surface area contributed by atoms with Gasteiger partial charge in [0, 0.05) is 10.8 Å². The number of amides is 2. The zero-order valence-electron chi connectivity index (χ0n) is 11.3. The van der Waals surface area contributed by atoms with Gasteiger partial charge in [0.05, 0.1) is 4.88 Å². The van der Waals surface area contributed by atoms with Crippen molar-refractivity contribution < 1.29 is 9.59 Å². The summed E-state index contributed by atoms with van der Waals surface area (Å²) in [6.07, 6.45) is 10.0. The van der Waals surface area contributed by atoms with E-state index in [0.29, 0.717) is 4.88 Å². The van der Waals surface area contributed by atoms with E-state index in [0.717, 1.165) is 32.1 Å². The molecule has 2 amide bonds. The molecule has 0 spiro atoms. The Bertz CT molecular complexity index is 541. The maximum Gasteiger partial charge on any atom is 0.279 e. The number of fused-ring (bicyclic) bond motifs is 1. The zero-order valence-corrected chi connectivity index (χ0v) is 12.1. The molecule has 3 rings (SSSR count). The van der Waals surface area contributed by atoms with Gasteiger partial charge < -0.3 is 0 Å². The van der Waals surface area contributed by atoms with E-state index in [9.17, 15) is 9.59 Å². The van der Waals surface area contributed by atoms with Crippen LogP contribution in [0.15, 0.2) is 18.2 Å². The van der Waals surface area contributed by atoms with E-state index in [1.807, 2.05) is 12.1 Å². The molecule has 1 aromatic rings. The molecule has 2 N–H and O–H groups in total. The summed E-state index contributed by atoms with van der Waals surface area (Å²) < 4.78 is 0. The van der Waals surface area contributed by atoms with Crippen LogP contribution in [-0.2, 0) is 17.6 Å². The van der Waals surface area contributed by atoms with Crippen LogP contribution >= 0.6 is 11.3 Å². The number of hydrazine groups is 1. The maximum absolute atomic E-state index is 12.0. The van der Waals surface area contributed by atoms with E-state index in [4.69, 9.17) is 0 Å². The number of carbonyl (C=O) groups excluding carboxylic acids is 2. The Kier molecular flexibility index (Phi) is 3.87. The van der Waals surface area contributed by atoms with Gasteiger partial charge >= 0.3 is 0 Å². The second-order valence-corrected chi connectivity index (χ2v) is 6.47. The van der Waals surface area contributed by atoms with Crippen molar-refractivity contribution >= 4 is 23.2 Å². The van der Waals surface area contributed by atoms with Crippen LogP contribution in [0.25, 0.3) is 0 Å². The number of nitrogens with one attached hydrogen (secondary N) is 2. The fraction of sp³-hybridized carbons (Fsp3) is 0.467. The third-order valence-electron chi connectivity index (χ3n) is 3.91. The molecule has 0 radical (unpaired) electrons. The van der Waals surface area contributed by atoms with Crippen molar-refractivity contribution in [1.29, 1.82) is 0 Å². The zero-order chi connectivity index (χ0) is 13.9. The number of rotatable bonds is 2. The first-order valence-electron chi connectivity index (χ1n) is 7.11. The first-order chi connectivity index (χ1) is 9.74. The molecule has 5 heteroatoms. The third kappa shape index (κ3) is 2.77. The summed E-state index contributed by atoms with van der Waals surface area (Å²) >= 11 is 1.54. The standard InChI is InChI=1S/C15H18N2O2S/c18-14(10-5-2-1-3-6-10)16-17-15(19)13-9-11-7-4-8-12(11)20-13/h1-2,9-10H,3-8H2,(H,16,18)(H,17,19). The van der Waals surface area contributed by atoms with Crippen LogP contribution in [-0.4, -0.2) is 11.8 Å². The molecule has 20 heavy (non-hydrogen) atoms. The van der Waals surface area contributed by atoms with Crippen molar-refractivity contribution in [2.45, 2.75) is 38.5 Å². The van der Waals surface area contributed by atoms with E-state index in [2.05, 4.69) is 16.9 Å². The van der Waals surface area contributed by atoms with Crippen LogP contribution < -0.4 is 10.9 Å². The monoisotopic (exact) mass is 290 g/mol. The van der Waals surface area contributed by atoms with E-state index in [1.54, 1.807) is 11.3 Å². The predicted octanol–water partition coefficient (Wildman–Crippen LogP) is 2.35. The summed E-state index contributed by atoms with van der Waals surface area (Å²) in [5.41, 5.74) is 6.38. The lowest BCUT2D eigenvalue weighted by Gasteiger charge is -2.17. The van der Waals surface area contributed by atoms with Crippen molar-refractivity contribution in [3.8, 4) is 0 Å². The average Bonchev–Trinajstić information content (AvgIpc) is 3.06. The van der Waals surface area contributed by atoms with Crippen LogP contribution in [0, 0.1) is 5.92 Å². The van der Waals surface area contributed by atoms with E-state index >= 15 is 0 Å². The largest absolute Gasteiger partial charge is 0.279 e. The number of carbonyl (C=O) groups is 2. The second kappa shape index (κ2) is 5.79. The third-order valence-corrected chi connectivity index (χ3v) is 5.15. The summed E-state index contributed by atoms with van der Waals surface area (Å²) in [6.45, 7) is 0. The predicted molar refractivity (Wildman–Crippen MR) is 78.4 cm³/mol. The Labute approximate surface area is 122 Å². The summed E-state index contributed by atoms with van der Waals surface area (Å²) in [4.78, 5) is 25.9. The van der Waals surface area contributed by atoms with Gasteiger partial charge in [0.25, 0.3) is 5.91 Å². The van der Waals surface area contributed by atoms with Gasteiger partial charge in [-0.2, -0.15) is 0 Å². The molecule has 1 aromatic heterocycles. The first-order valence-corrected chi connectivity index (χ1v) is 7.92. The van der Waals surface area contributed by atoms with E-state index in [1.165, 1.54) is 16.9 Å². The van der Waals surface area contributed by atoms with Gasteiger partial charge in [-0.1, -0.05) is 12.2 Å². The van der Waals surface area contributed by atoms with Crippen molar-refractivity contribution in [3.05, 3.63) is 33.5 Å². The van der Waals surface area contributed by atoms with Gasteiger partial charge in [0.1, 0.15) is 0 Å². The Hall–Kier alpha value is -1.62. The molecule has 1 atom stereocenters. The van der Waals surface area contributed by atoms with Crippen LogP contribution in [0.3, 0.4) is 0 Å². The highest BCUT2D eigenvalue weighted by atomic mass is 32.1. The molecule has 0 fully saturated rings. The Morgan fingerprint density at radius 1 is 1.20 bits per heavy atom. The fourth-order valence-electron chi connectivity index (χ4n) is 2.75. The Morgan fingerprint density at radius 2 is 2.10 bits per heavy atom. The van der Waals surface area contributed by atoms with Gasteiger partial charge in [-0.05, 0) is 50.2 Å². The van der Waals surface area contributed by atoms with Crippen LogP contribution in [0.1, 0.15) is 45.8 Å². The van der Waals surface area contributed by atoms with E-state index in [-0.39, 0.29) is 17.7 Å². The molecule has 0 saturated carbocycles. The van der Waals surface area contributed by atoms with Crippen molar-refractivity contribution in [1.82, 2.24) is 10.9 Å². The number of hydrogen-bond acceptors (Lipinski definition) is 3. The molecular weight excluding hydrogens is 272 g/mol. The minimum absolute atomic E-state index is 0.0198. The molecule has 0 aromatic carbocycles. The lowest BCUT2D eigenvalue weighted by molar-refractivity contribution is -0.126. The average molecular weight is 290 g/mol. The van der Waals surface area contributed by atoms with E-state index < -0.39 is 0 Å². The SMILES string of the molecule is O=C(NNC(=O)C1CC=CCC1)c1cc2c(s1)CCC2. The minimum Gasteiger partial charge on any atom is -0.273 e. The summed E-state index contributed by atoms with van der Waals surface area (Å²) in [5, 5.41) is 0. The first kappa shape index (κ1) is 13.4. The fourth-order valence-corrected chi connectivity index (χ4v) is 3.90. The van der Waals surface area contributed by atoms with Crippen LogP contribution in [0.5, 0.6) is 0 Å². The number of allylic oxidation sites excluding steroid dienone is 2. The summed E-state index contributed by atoms with van der Waals surface area (Å²) in [7, 11) is 0. The molecule has 1 unspecified atom stereocenters. The summed E-state index contributed by atoms with van der Waals surface area (Å²) in [6, 6.07) is 1.96. The Morgan fingerprint density at radius 3 is 2.85 bits per heavy atom. The highest BCUT2D eigenvalue weighted by molar-refractivity contribution is 7.14. The molecular formula is C15H18N2O2S. The van der Waals surface area contributed by atoms with Crippen molar-refractivity contribution in [2.75, 3.05) is 0 Å². The second-order valence-electron chi connectivity index (χ2n) is 5.34. The molecule has 2 aliphatic carbocycles. The van der Waals surface area contributed by atoms with Gasteiger partial charge in [0.2, 0.25) is 5.91 Å². The topological polar surface area (TPSA) is 58.2 Å². The van der Waals surface area contributed by atoms with Crippen molar-refractivity contribution in [3.63, 3.8) is 0 Å². The molecule has 2 aliphatic rings. The Balaban J connectivity index is 1.53. The van der Waals surface area contributed by atoms with Gasteiger partial charge in [-0.15, -0.1) is 11.3 Å². The maximum atomic E-state index is 12.0. The van der Waals surface area contributed by atoms with Crippen LogP contribution in [0.4, 0.5) is 0 Å². The number of aryl methyl sites for hydroxylation is 2. The molecule has 0 bridgehead atoms. The molecule has 4 nitrogen and oxygen atoms in total. The highest BCUT2D eigenvalue weighted by Gasteiger charge is 2.21. The lowest BCUT2D eigenvalue weighted by Crippen LogP contribution is -2.44.